The van der Waals surface area contributed by atoms with E-state index in [2.05, 4.69) is 23.8 Å². The summed E-state index contributed by atoms with van der Waals surface area (Å²) in [5.74, 6) is 0.569. The molecular formula is C18H16N2O2S. The number of rotatable bonds is 3. The van der Waals surface area contributed by atoms with Crippen molar-refractivity contribution in [2.75, 3.05) is 0 Å². The highest BCUT2D eigenvalue weighted by atomic mass is 32.1. The van der Waals surface area contributed by atoms with E-state index < -0.39 is 0 Å². The van der Waals surface area contributed by atoms with Crippen molar-refractivity contribution < 1.29 is 9.53 Å². The Bertz CT molecular complexity index is 854. The summed E-state index contributed by atoms with van der Waals surface area (Å²) in [6.45, 7) is 6.07. The van der Waals surface area contributed by atoms with E-state index in [4.69, 9.17) is 4.74 Å². The van der Waals surface area contributed by atoms with Crippen LogP contribution < -0.4 is 4.74 Å². The highest BCUT2D eigenvalue weighted by Crippen LogP contribution is 2.21. The van der Waals surface area contributed by atoms with Crippen molar-refractivity contribution in [3.63, 3.8) is 0 Å². The summed E-state index contributed by atoms with van der Waals surface area (Å²) < 4.78 is 5.29. The van der Waals surface area contributed by atoms with Crippen molar-refractivity contribution in [2.24, 2.45) is 0 Å². The molecule has 0 aliphatic rings. The molecule has 4 nitrogen and oxygen atoms in total. The number of hydrogen-bond acceptors (Lipinski definition) is 5. The van der Waals surface area contributed by atoms with Gasteiger partial charge in [-0.3, -0.25) is 0 Å². The third-order valence-electron chi connectivity index (χ3n) is 3.55. The maximum Gasteiger partial charge on any atom is 0.353 e. The van der Waals surface area contributed by atoms with Crippen molar-refractivity contribution in [1.82, 2.24) is 9.97 Å². The third-order valence-corrected chi connectivity index (χ3v) is 4.53. The molecular weight excluding hydrogens is 308 g/mol. The van der Waals surface area contributed by atoms with Gasteiger partial charge in [0.1, 0.15) is 4.88 Å². The van der Waals surface area contributed by atoms with Crippen molar-refractivity contribution in [1.29, 1.82) is 0 Å². The molecule has 0 atom stereocenters. The first-order valence-electron chi connectivity index (χ1n) is 7.21. The minimum atomic E-state index is -0.384. The van der Waals surface area contributed by atoms with E-state index in [9.17, 15) is 4.79 Å². The van der Waals surface area contributed by atoms with Gasteiger partial charge in [0, 0.05) is 10.4 Å². The number of aromatic nitrogens is 2. The summed E-state index contributed by atoms with van der Waals surface area (Å²) in [5.41, 5.74) is 3.36. The van der Waals surface area contributed by atoms with Crippen LogP contribution in [0.25, 0.3) is 11.4 Å². The van der Waals surface area contributed by atoms with Gasteiger partial charge in [0.25, 0.3) is 0 Å². The molecule has 0 spiro atoms. The Labute approximate surface area is 138 Å². The van der Waals surface area contributed by atoms with Crippen LogP contribution in [-0.2, 0) is 0 Å². The van der Waals surface area contributed by atoms with Gasteiger partial charge in [0.15, 0.2) is 11.6 Å². The summed E-state index contributed by atoms with van der Waals surface area (Å²) in [6.07, 6.45) is 3.05. The first kappa shape index (κ1) is 15.4. The Morgan fingerprint density at radius 1 is 1.00 bits per heavy atom. The number of benzene rings is 1. The zero-order chi connectivity index (χ0) is 16.4. The molecule has 0 N–H and O–H groups in total. The second-order valence-corrected chi connectivity index (χ2v) is 6.63. The molecule has 0 unspecified atom stereocenters. The summed E-state index contributed by atoms with van der Waals surface area (Å²) in [5, 5.41) is 0. The molecule has 3 rings (SSSR count). The van der Waals surface area contributed by atoms with Gasteiger partial charge >= 0.3 is 5.97 Å². The first-order chi connectivity index (χ1) is 11.0. The van der Waals surface area contributed by atoms with Crippen LogP contribution >= 0.6 is 11.3 Å². The predicted octanol–water partition coefficient (Wildman–Crippen LogP) is 4.35. The lowest BCUT2D eigenvalue weighted by molar-refractivity contribution is 0.0738. The van der Waals surface area contributed by atoms with Crippen LogP contribution in [0.1, 0.15) is 25.7 Å². The smallest absolute Gasteiger partial charge is 0.353 e. The highest BCUT2D eigenvalue weighted by Gasteiger charge is 2.12. The molecule has 5 heteroatoms. The zero-order valence-electron chi connectivity index (χ0n) is 13.2. The lowest BCUT2D eigenvalue weighted by Gasteiger charge is -2.05. The Morgan fingerprint density at radius 2 is 1.74 bits per heavy atom. The van der Waals surface area contributed by atoms with E-state index in [1.54, 1.807) is 6.07 Å². The second kappa shape index (κ2) is 6.30. The van der Waals surface area contributed by atoms with Crippen molar-refractivity contribution in [2.45, 2.75) is 20.8 Å². The Kier molecular flexibility index (Phi) is 4.21. The van der Waals surface area contributed by atoms with Crippen LogP contribution in [0.3, 0.4) is 0 Å². The minimum Gasteiger partial charge on any atom is -0.419 e. The number of nitrogens with zero attached hydrogens (tertiary/aromatic N) is 2. The van der Waals surface area contributed by atoms with E-state index >= 15 is 0 Å². The number of hydrogen-bond donors (Lipinski definition) is 0. The largest absolute Gasteiger partial charge is 0.419 e. The molecule has 0 amide bonds. The first-order valence-corrected chi connectivity index (χ1v) is 8.03. The average Bonchev–Trinajstić information content (AvgIpc) is 2.97. The fourth-order valence-electron chi connectivity index (χ4n) is 2.10. The van der Waals surface area contributed by atoms with Crippen LogP contribution in [0.15, 0.2) is 42.7 Å². The normalized spacial score (nSPS) is 10.6. The predicted molar refractivity (Wildman–Crippen MR) is 91.0 cm³/mol. The van der Waals surface area contributed by atoms with Crippen LogP contribution in [-0.4, -0.2) is 15.9 Å². The van der Waals surface area contributed by atoms with Crippen molar-refractivity contribution in [3.8, 4) is 17.1 Å². The molecule has 0 aliphatic carbocycles. The number of ether oxygens (including phenoxy) is 1. The van der Waals surface area contributed by atoms with Gasteiger partial charge in [-0.05, 0) is 50.1 Å². The second-order valence-electron chi connectivity index (χ2n) is 5.34. The fraction of sp³-hybridized carbons (Fsp3) is 0.167. The molecule has 2 heterocycles. The number of thiophene rings is 1. The maximum atomic E-state index is 12.0. The summed E-state index contributed by atoms with van der Waals surface area (Å²) >= 11 is 1.40. The molecule has 0 saturated carbocycles. The third kappa shape index (κ3) is 3.46. The van der Waals surface area contributed by atoms with Crippen molar-refractivity contribution in [3.05, 3.63) is 63.6 Å². The lowest BCUT2D eigenvalue weighted by Crippen LogP contribution is -2.07. The van der Waals surface area contributed by atoms with Crippen molar-refractivity contribution >= 4 is 17.3 Å². The number of aryl methyl sites for hydroxylation is 3. The molecule has 2 aromatic heterocycles. The van der Waals surface area contributed by atoms with Crippen LogP contribution in [0, 0.1) is 20.8 Å². The molecule has 0 aliphatic heterocycles. The van der Waals surface area contributed by atoms with Gasteiger partial charge in [-0.1, -0.05) is 12.1 Å². The molecule has 0 bridgehead atoms. The zero-order valence-corrected chi connectivity index (χ0v) is 14.0. The average molecular weight is 324 g/mol. The van der Waals surface area contributed by atoms with Gasteiger partial charge in [-0.25, -0.2) is 14.8 Å². The Hall–Kier alpha value is -2.53. The van der Waals surface area contributed by atoms with E-state index in [-0.39, 0.29) is 5.97 Å². The van der Waals surface area contributed by atoms with Crippen LogP contribution in [0.5, 0.6) is 5.75 Å². The van der Waals surface area contributed by atoms with Crippen LogP contribution in [0.2, 0.25) is 0 Å². The maximum absolute atomic E-state index is 12.0. The molecule has 23 heavy (non-hydrogen) atoms. The Morgan fingerprint density at radius 3 is 2.35 bits per heavy atom. The highest BCUT2D eigenvalue weighted by molar-refractivity contribution is 7.13. The molecule has 0 saturated heterocycles. The molecule has 3 aromatic rings. The quantitative estimate of drug-likeness (QED) is 0.672. The van der Waals surface area contributed by atoms with Crippen LogP contribution in [0.4, 0.5) is 0 Å². The molecule has 116 valence electrons. The Balaban J connectivity index is 1.76. The lowest BCUT2D eigenvalue weighted by atomic mass is 10.1. The van der Waals surface area contributed by atoms with Gasteiger partial charge in [0.2, 0.25) is 0 Å². The van der Waals surface area contributed by atoms with E-state index in [1.165, 1.54) is 34.9 Å². The van der Waals surface area contributed by atoms with Gasteiger partial charge in [-0.15, -0.1) is 11.3 Å². The molecule has 0 radical (unpaired) electrons. The fourth-order valence-corrected chi connectivity index (χ4v) is 2.84. The summed E-state index contributed by atoms with van der Waals surface area (Å²) in [4.78, 5) is 22.2. The summed E-state index contributed by atoms with van der Waals surface area (Å²) in [7, 11) is 0. The SMILES string of the molecule is Cc1ccc(C(=O)Oc2cnc(-c3ccc(C)c(C)c3)nc2)s1. The number of carbonyl (C=O) groups excluding carboxylic acids is 1. The number of carbonyl (C=O) groups is 1. The van der Waals surface area contributed by atoms with E-state index in [0.717, 1.165) is 10.4 Å². The van der Waals surface area contributed by atoms with Gasteiger partial charge in [-0.2, -0.15) is 0 Å². The van der Waals surface area contributed by atoms with Gasteiger partial charge in [0.05, 0.1) is 12.4 Å². The van der Waals surface area contributed by atoms with Gasteiger partial charge < -0.3 is 4.74 Å². The summed E-state index contributed by atoms with van der Waals surface area (Å²) in [6, 6.07) is 9.72. The topological polar surface area (TPSA) is 52.1 Å². The molecule has 0 fully saturated rings. The standard InChI is InChI=1S/C18H16N2O2S/c1-11-4-6-14(8-12(11)2)17-19-9-15(10-20-17)22-18(21)16-7-5-13(3)23-16/h4-10H,1-3H3. The minimum absolute atomic E-state index is 0.341. The van der Waals surface area contributed by atoms with E-state index in [0.29, 0.717) is 16.5 Å². The molecule has 1 aromatic carbocycles. The number of esters is 1. The monoisotopic (exact) mass is 324 g/mol. The van der Waals surface area contributed by atoms with E-state index in [1.807, 2.05) is 31.2 Å².